The molecule has 0 atom stereocenters. The molecule has 1 radical (unpaired) electrons. The maximum Gasteiger partial charge on any atom is 0.120 e. The number of hydrogen-bond donors (Lipinski definition) is 0. The summed E-state index contributed by atoms with van der Waals surface area (Å²) in [5.74, 6) is 0. The number of pyridine rings is 2. The molecule has 7 rings (SSSR count). The van der Waals surface area contributed by atoms with E-state index in [1.165, 1.54) is 16.7 Å². The third kappa shape index (κ3) is 5.97. The number of aryl methyl sites for hydroxylation is 1. The average Bonchev–Trinajstić information content (AvgIpc) is 3.42. The minimum atomic E-state index is -0.0519. The van der Waals surface area contributed by atoms with Gasteiger partial charge in [-0.1, -0.05) is 98.5 Å². The third-order valence-corrected chi connectivity index (χ3v) is 7.48. The summed E-state index contributed by atoms with van der Waals surface area (Å²) in [6.07, 6.45) is 3.67. The molecule has 4 heteroatoms. The Morgan fingerprint density at radius 2 is 1.43 bits per heavy atom. The molecule has 0 N–H and O–H groups in total. The maximum atomic E-state index is 5.97. The molecular formula is C38H30IrN2O-2. The molecule has 0 spiro atoms. The minimum Gasteiger partial charge on any atom is -0.501 e. The normalized spacial score (nSPS) is 11.0. The van der Waals surface area contributed by atoms with E-state index in [0.29, 0.717) is 0 Å². The second kappa shape index (κ2) is 12.6. The van der Waals surface area contributed by atoms with Crippen LogP contribution in [0.4, 0.5) is 0 Å². The number of rotatable bonds is 4. The number of furan rings is 1. The van der Waals surface area contributed by atoms with Gasteiger partial charge in [-0.2, -0.15) is 0 Å². The standard InChI is InChI=1S/C21H20N.C17H10NO.Ir/c1-16-9-11-17(12-10-16)20-15-19(13-14-22-20)21(2,3)18-7-5-4-6-8-18;1-2-10-16-12(6-1)13-7-5-8-14(17(13)19-16)15-9-3-4-11-18-15;/h4-11,13-15H,1-3H3;1-7,9-11H;/q2*-1;. The van der Waals surface area contributed by atoms with Gasteiger partial charge in [-0.15, -0.1) is 53.6 Å². The van der Waals surface area contributed by atoms with Crippen LogP contribution in [0.3, 0.4) is 0 Å². The van der Waals surface area contributed by atoms with Crippen molar-refractivity contribution in [2.75, 3.05) is 0 Å². The summed E-state index contributed by atoms with van der Waals surface area (Å²) >= 11 is 0. The molecule has 3 nitrogen and oxygen atoms in total. The van der Waals surface area contributed by atoms with Crippen molar-refractivity contribution >= 4 is 21.9 Å². The van der Waals surface area contributed by atoms with Crippen molar-refractivity contribution in [3.05, 3.63) is 156 Å². The minimum absolute atomic E-state index is 0. The number of nitrogens with zero attached hydrogens (tertiary/aromatic N) is 2. The predicted molar refractivity (Wildman–Crippen MR) is 168 cm³/mol. The van der Waals surface area contributed by atoms with Gasteiger partial charge in [0.2, 0.25) is 0 Å². The van der Waals surface area contributed by atoms with Crippen LogP contribution in [-0.4, -0.2) is 9.97 Å². The van der Waals surface area contributed by atoms with E-state index in [1.807, 2.05) is 60.8 Å². The maximum absolute atomic E-state index is 5.97. The Morgan fingerprint density at radius 3 is 2.19 bits per heavy atom. The zero-order valence-corrected chi connectivity index (χ0v) is 26.2. The van der Waals surface area contributed by atoms with Crippen molar-refractivity contribution in [2.45, 2.75) is 26.2 Å². The van der Waals surface area contributed by atoms with Gasteiger partial charge in [-0.3, -0.25) is 0 Å². The molecule has 0 fully saturated rings. The molecule has 7 aromatic rings. The van der Waals surface area contributed by atoms with Gasteiger partial charge in [0.05, 0.1) is 5.58 Å². The van der Waals surface area contributed by atoms with Crippen LogP contribution < -0.4 is 0 Å². The summed E-state index contributed by atoms with van der Waals surface area (Å²) in [6, 6.07) is 45.5. The number of aromatic nitrogens is 2. The Bertz CT molecular complexity index is 1910. The summed E-state index contributed by atoms with van der Waals surface area (Å²) < 4.78 is 5.97. The SMILES string of the molecule is Cc1c[c-]c(-c2cc(C(C)(C)c3ccccc3)ccn2)cc1.[Ir].[c-]1ccc2c(oc3ccccc32)c1-c1ccccn1. The van der Waals surface area contributed by atoms with Gasteiger partial charge in [-0.25, -0.2) is 0 Å². The topological polar surface area (TPSA) is 38.9 Å². The Labute approximate surface area is 260 Å². The zero-order chi connectivity index (χ0) is 28.2. The molecular weight excluding hydrogens is 693 g/mol. The first-order valence-corrected chi connectivity index (χ1v) is 13.7. The van der Waals surface area contributed by atoms with Gasteiger partial charge in [0, 0.05) is 43.3 Å². The van der Waals surface area contributed by atoms with E-state index in [1.54, 1.807) is 6.20 Å². The van der Waals surface area contributed by atoms with Gasteiger partial charge in [0.15, 0.2) is 0 Å². The van der Waals surface area contributed by atoms with Gasteiger partial charge in [-0.05, 0) is 40.7 Å². The molecule has 0 aliphatic carbocycles. The Hall–Kier alpha value is -4.37. The zero-order valence-electron chi connectivity index (χ0n) is 23.8. The largest absolute Gasteiger partial charge is 0.501 e. The number of para-hydroxylation sites is 1. The van der Waals surface area contributed by atoms with E-state index in [2.05, 4.69) is 104 Å². The average molecular weight is 723 g/mol. The fourth-order valence-electron chi connectivity index (χ4n) is 5.04. The van der Waals surface area contributed by atoms with Crippen LogP contribution in [0.1, 0.15) is 30.5 Å². The fraction of sp³-hybridized carbons (Fsp3) is 0.105. The molecule has 0 saturated carbocycles. The molecule has 0 saturated heterocycles. The molecule has 0 amide bonds. The summed E-state index contributed by atoms with van der Waals surface area (Å²) in [5.41, 5.74) is 9.28. The van der Waals surface area contributed by atoms with Crippen molar-refractivity contribution < 1.29 is 24.5 Å². The van der Waals surface area contributed by atoms with Gasteiger partial charge in [0.1, 0.15) is 5.58 Å². The fourth-order valence-corrected chi connectivity index (χ4v) is 5.04. The number of benzene rings is 4. The van der Waals surface area contributed by atoms with E-state index < -0.39 is 0 Å². The predicted octanol–water partition coefficient (Wildman–Crippen LogP) is 9.63. The number of hydrogen-bond acceptors (Lipinski definition) is 3. The van der Waals surface area contributed by atoms with E-state index in [0.717, 1.165) is 44.5 Å². The molecule has 3 heterocycles. The van der Waals surface area contributed by atoms with Crippen molar-refractivity contribution in [3.63, 3.8) is 0 Å². The van der Waals surface area contributed by atoms with Crippen LogP contribution in [0.25, 0.3) is 44.5 Å². The molecule has 209 valence electrons. The van der Waals surface area contributed by atoms with Crippen LogP contribution >= 0.6 is 0 Å². The summed E-state index contributed by atoms with van der Waals surface area (Å²) in [6.45, 7) is 6.57. The smallest absolute Gasteiger partial charge is 0.120 e. The first-order chi connectivity index (χ1) is 20.0. The van der Waals surface area contributed by atoms with Crippen LogP contribution in [0.15, 0.2) is 132 Å². The molecule has 0 bridgehead atoms. The first kappa shape index (κ1) is 29.1. The van der Waals surface area contributed by atoms with Crippen molar-refractivity contribution in [2.24, 2.45) is 0 Å². The molecule has 42 heavy (non-hydrogen) atoms. The van der Waals surface area contributed by atoms with Crippen molar-refractivity contribution in [1.29, 1.82) is 0 Å². The molecule has 3 aromatic heterocycles. The monoisotopic (exact) mass is 723 g/mol. The van der Waals surface area contributed by atoms with E-state index >= 15 is 0 Å². The Kier molecular flexibility index (Phi) is 8.77. The van der Waals surface area contributed by atoms with E-state index in [9.17, 15) is 0 Å². The number of fused-ring (bicyclic) bond motifs is 3. The van der Waals surface area contributed by atoms with Crippen LogP contribution in [0.5, 0.6) is 0 Å². The Balaban J connectivity index is 0.000000165. The van der Waals surface area contributed by atoms with Crippen LogP contribution in [-0.2, 0) is 25.5 Å². The molecule has 0 aliphatic rings. The molecule has 0 aliphatic heterocycles. The van der Waals surface area contributed by atoms with Crippen LogP contribution in [0.2, 0.25) is 0 Å². The third-order valence-electron chi connectivity index (χ3n) is 7.48. The second-order valence-electron chi connectivity index (χ2n) is 10.6. The van der Waals surface area contributed by atoms with E-state index in [4.69, 9.17) is 4.42 Å². The quantitative estimate of drug-likeness (QED) is 0.170. The van der Waals surface area contributed by atoms with Crippen molar-refractivity contribution in [3.8, 4) is 22.5 Å². The summed E-state index contributed by atoms with van der Waals surface area (Å²) in [5, 5.41) is 2.23. The van der Waals surface area contributed by atoms with Gasteiger partial charge in [0.25, 0.3) is 0 Å². The first-order valence-electron chi connectivity index (χ1n) is 13.7. The van der Waals surface area contributed by atoms with Crippen molar-refractivity contribution in [1.82, 2.24) is 9.97 Å². The Morgan fingerprint density at radius 1 is 0.667 bits per heavy atom. The second-order valence-corrected chi connectivity index (χ2v) is 10.6. The molecule has 0 unspecified atom stereocenters. The van der Waals surface area contributed by atoms with Gasteiger partial charge >= 0.3 is 0 Å². The van der Waals surface area contributed by atoms with Gasteiger partial charge < -0.3 is 14.4 Å². The summed E-state index contributed by atoms with van der Waals surface area (Å²) in [4.78, 5) is 8.89. The van der Waals surface area contributed by atoms with E-state index in [-0.39, 0.29) is 25.5 Å². The molecule has 4 aromatic carbocycles. The van der Waals surface area contributed by atoms with Crippen LogP contribution in [0, 0.1) is 19.1 Å². The summed E-state index contributed by atoms with van der Waals surface area (Å²) in [7, 11) is 0.